The van der Waals surface area contributed by atoms with Gasteiger partial charge in [-0.2, -0.15) is 5.26 Å². The van der Waals surface area contributed by atoms with Crippen molar-refractivity contribution in [3.05, 3.63) is 35.1 Å². The number of rotatable bonds is 4. The molecule has 0 aliphatic heterocycles. The highest BCUT2D eigenvalue weighted by molar-refractivity contribution is 5.99. The first-order valence-corrected chi connectivity index (χ1v) is 5.30. The molecular formula is C13H14FNO. The molecule has 0 N–H and O–H groups in total. The molecular weight excluding hydrogens is 205 g/mol. The van der Waals surface area contributed by atoms with Crippen molar-refractivity contribution in [2.75, 3.05) is 0 Å². The molecule has 84 valence electrons. The maximum Gasteiger partial charge on any atom is 0.182 e. The minimum atomic E-state index is -0.735. The van der Waals surface area contributed by atoms with E-state index in [-0.39, 0.29) is 5.56 Å². The zero-order valence-corrected chi connectivity index (χ0v) is 9.46. The van der Waals surface area contributed by atoms with Gasteiger partial charge in [0.25, 0.3) is 0 Å². The van der Waals surface area contributed by atoms with E-state index in [2.05, 4.69) is 0 Å². The van der Waals surface area contributed by atoms with Gasteiger partial charge in [-0.3, -0.25) is 4.79 Å². The zero-order chi connectivity index (χ0) is 12.1. The smallest absolute Gasteiger partial charge is 0.182 e. The average molecular weight is 219 g/mol. The van der Waals surface area contributed by atoms with Gasteiger partial charge >= 0.3 is 0 Å². The summed E-state index contributed by atoms with van der Waals surface area (Å²) in [6, 6.07) is 6.60. The number of ketones is 1. The van der Waals surface area contributed by atoms with Crippen LogP contribution in [0.4, 0.5) is 4.39 Å². The van der Waals surface area contributed by atoms with Crippen LogP contribution in [0.25, 0.3) is 0 Å². The van der Waals surface area contributed by atoms with Crippen LogP contribution < -0.4 is 0 Å². The summed E-state index contributed by atoms with van der Waals surface area (Å²) in [6.45, 7) is 3.50. The molecule has 1 unspecified atom stereocenters. The Morgan fingerprint density at radius 3 is 2.81 bits per heavy atom. The van der Waals surface area contributed by atoms with Gasteiger partial charge in [-0.1, -0.05) is 25.5 Å². The van der Waals surface area contributed by atoms with Crippen LogP contribution in [0, 0.1) is 30.0 Å². The van der Waals surface area contributed by atoms with Crippen molar-refractivity contribution in [1.29, 1.82) is 5.26 Å². The zero-order valence-electron chi connectivity index (χ0n) is 9.46. The second-order valence-corrected chi connectivity index (χ2v) is 3.77. The maximum absolute atomic E-state index is 13.7. The van der Waals surface area contributed by atoms with E-state index in [9.17, 15) is 9.18 Å². The first-order valence-electron chi connectivity index (χ1n) is 5.30. The van der Waals surface area contributed by atoms with Gasteiger partial charge < -0.3 is 0 Å². The van der Waals surface area contributed by atoms with Crippen molar-refractivity contribution < 1.29 is 9.18 Å². The number of benzene rings is 1. The maximum atomic E-state index is 13.7. The molecule has 3 heteroatoms. The third-order valence-corrected chi connectivity index (χ3v) is 2.51. The van der Waals surface area contributed by atoms with Gasteiger partial charge in [0.2, 0.25) is 0 Å². The highest BCUT2D eigenvalue weighted by Crippen LogP contribution is 2.18. The average Bonchev–Trinajstić information content (AvgIpc) is 2.29. The van der Waals surface area contributed by atoms with Gasteiger partial charge in [0, 0.05) is 0 Å². The molecule has 0 bridgehead atoms. The number of hydrogen-bond donors (Lipinski definition) is 0. The molecule has 2 nitrogen and oxygen atoms in total. The van der Waals surface area contributed by atoms with E-state index < -0.39 is 17.5 Å². The van der Waals surface area contributed by atoms with Crippen LogP contribution in [0.5, 0.6) is 0 Å². The summed E-state index contributed by atoms with van der Waals surface area (Å²) in [5.74, 6) is -1.66. The predicted molar refractivity (Wildman–Crippen MR) is 59.5 cm³/mol. The number of carbonyl (C=O) groups is 1. The van der Waals surface area contributed by atoms with E-state index in [1.54, 1.807) is 19.1 Å². The van der Waals surface area contributed by atoms with Crippen molar-refractivity contribution in [3.8, 4) is 6.07 Å². The molecule has 0 spiro atoms. The molecule has 0 radical (unpaired) electrons. The van der Waals surface area contributed by atoms with Gasteiger partial charge in [0.1, 0.15) is 11.7 Å². The van der Waals surface area contributed by atoms with Gasteiger partial charge in [0.05, 0.1) is 11.6 Å². The van der Waals surface area contributed by atoms with Gasteiger partial charge in [-0.25, -0.2) is 4.39 Å². The lowest BCUT2D eigenvalue weighted by Crippen LogP contribution is -2.14. The van der Waals surface area contributed by atoms with E-state index >= 15 is 0 Å². The predicted octanol–water partition coefficient (Wildman–Crippen LogP) is 3.26. The summed E-state index contributed by atoms with van der Waals surface area (Å²) in [7, 11) is 0. The molecule has 0 aliphatic rings. The number of nitrogens with zero attached hydrogens (tertiary/aromatic N) is 1. The SMILES string of the molecule is CCCC(C#N)C(=O)c1cccc(C)c1F. The van der Waals surface area contributed by atoms with E-state index in [0.29, 0.717) is 12.0 Å². The van der Waals surface area contributed by atoms with Crippen LogP contribution in [0.1, 0.15) is 35.7 Å². The number of nitriles is 1. The van der Waals surface area contributed by atoms with E-state index in [1.165, 1.54) is 6.07 Å². The molecule has 0 amide bonds. The van der Waals surface area contributed by atoms with Crippen LogP contribution in [0.15, 0.2) is 18.2 Å². The van der Waals surface area contributed by atoms with Crippen molar-refractivity contribution >= 4 is 5.78 Å². The summed E-state index contributed by atoms with van der Waals surface area (Å²) in [6.07, 6.45) is 1.21. The Kier molecular flexibility index (Phi) is 4.19. The summed E-state index contributed by atoms with van der Waals surface area (Å²) in [5.41, 5.74) is 0.457. The molecule has 0 saturated heterocycles. The van der Waals surface area contributed by atoms with Crippen molar-refractivity contribution in [1.82, 2.24) is 0 Å². The van der Waals surface area contributed by atoms with E-state index in [0.717, 1.165) is 6.42 Å². The van der Waals surface area contributed by atoms with Gasteiger partial charge in [0.15, 0.2) is 5.78 Å². The monoisotopic (exact) mass is 219 g/mol. The van der Waals surface area contributed by atoms with Crippen molar-refractivity contribution in [3.63, 3.8) is 0 Å². The first kappa shape index (κ1) is 12.4. The second-order valence-electron chi connectivity index (χ2n) is 3.77. The Balaban J connectivity index is 3.05. The number of carbonyl (C=O) groups excluding carboxylic acids is 1. The number of hydrogen-bond acceptors (Lipinski definition) is 2. The lowest BCUT2D eigenvalue weighted by atomic mass is 9.93. The lowest BCUT2D eigenvalue weighted by Gasteiger charge is -2.08. The molecule has 0 aliphatic carbocycles. The fourth-order valence-electron chi connectivity index (χ4n) is 1.57. The molecule has 16 heavy (non-hydrogen) atoms. The van der Waals surface area contributed by atoms with Crippen LogP contribution in [-0.2, 0) is 0 Å². The highest BCUT2D eigenvalue weighted by atomic mass is 19.1. The number of Topliss-reactive ketones (excluding diaryl/α,β-unsaturated/α-hetero) is 1. The van der Waals surface area contributed by atoms with Crippen LogP contribution in [-0.4, -0.2) is 5.78 Å². The fourth-order valence-corrected chi connectivity index (χ4v) is 1.57. The van der Waals surface area contributed by atoms with E-state index in [1.807, 2.05) is 13.0 Å². The third kappa shape index (κ3) is 2.46. The Morgan fingerprint density at radius 2 is 2.25 bits per heavy atom. The summed E-state index contributed by atoms with van der Waals surface area (Å²) >= 11 is 0. The molecule has 0 aromatic heterocycles. The van der Waals surface area contributed by atoms with Gasteiger partial charge in [-0.15, -0.1) is 0 Å². The summed E-state index contributed by atoms with van der Waals surface area (Å²) in [5, 5.41) is 8.86. The van der Waals surface area contributed by atoms with Crippen LogP contribution in [0.3, 0.4) is 0 Å². The lowest BCUT2D eigenvalue weighted by molar-refractivity contribution is 0.0939. The highest BCUT2D eigenvalue weighted by Gasteiger charge is 2.22. The molecule has 1 aromatic carbocycles. The first-order chi connectivity index (χ1) is 7.61. The Hall–Kier alpha value is -1.69. The molecule has 1 aromatic rings. The third-order valence-electron chi connectivity index (χ3n) is 2.51. The minimum Gasteiger partial charge on any atom is -0.293 e. The Labute approximate surface area is 94.7 Å². The molecule has 1 atom stereocenters. The van der Waals surface area contributed by atoms with Crippen molar-refractivity contribution in [2.45, 2.75) is 26.7 Å². The van der Waals surface area contributed by atoms with Crippen LogP contribution in [0.2, 0.25) is 0 Å². The second kappa shape index (κ2) is 5.41. The molecule has 1 rings (SSSR count). The van der Waals surface area contributed by atoms with Crippen molar-refractivity contribution in [2.24, 2.45) is 5.92 Å². The number of halogens is 1. The molecule has 0 fully saturated rings. The fraction of sp³-hybridized carbons (Fsp3) is 0.385. The Bertz CT molecular complexity index is 434. The van der Waals surface area contributed by atoms with Crippen LogP contribution >= 0.6 is 0 Å². The largest absolute Gasteiger partial charge is 0.293 e. The standard InChI is InChI=1S/C13H14FNO/c1-3-5-10(8-15)13(16)11-7-4-6-9(2)12(11)14/h4,6-7,10H,3,5H2,1-2H3. The van der Waals surface area contributed by atoms with E-state index in [4.69, 9.17) is 5.26 Å². The molecule has 0 heterocycles. The normalized spacial score (nSPS) is 11.9. The quantitative estimate of drug-likeness (QED) is 0.729. The topological polar surface area (TPSA) is 40.9 Å². The van der Waals surface area contributed by atoms with Gasteiger partial charge in [-0.05, 0) is 25.0 Å². The summed E-state index contributed by atoms with van der Waals surface area (Å²) in [4.78, 5) is 11.9. The Morgan fingerprint density at radius 1 is 1.56 bits per heavy atom. The summed E-state index contributed by atoms with van der Waals surface area (Å²) < 4.78 is 13.7. The minimum absolute atomic E-state index is 0.0278. The number of aryl methyl sites for hydroxylation is 1. The molecule has 0 saturated carbocycles.